The van der Waals surface area contributed by atoms with Crippen molar-refractivity contribution in [3.05, 3.63) is 45.1 Å². The molecular weight excluding hydrogens is 325 g/mol. The predicted molar refractivity (Wildman–Crippen MR) is 81.9 cm³/mol. The number of nitrogens with one attached hydrogen (secondary N) is 1. The van der Waals surface area contributed by atoms with E-state index in [4.69, 9.17) is 23.2 Å². The number of nitrogens with zero attached hydrogens (tertiary/aromatic N) is 4. The molecule has 1 aromatic carbocycles. The highest BCUT2D eigenvalue weighted by atomic mass is 35.5. The second-order valence-corrected chi connectivity index (χ2v) is 6.09. The zero-order chi connectivity index (χ0) is 15.3. The van der Waals surface area contributed by atoms with Gasteiger partial charge in [-0.15, -0.1) is 0 Å². The van der Waals surface area contributed by atoms with E-state index in [0.717, 1.165) is 18.5 Å². The zero-order valence-corrected chi connectivity index (χ0v) is 12.9. The number of aromatic nitrogens is 4. The van der Waals surface area contributed by atoms with Gasteiger partial charge in [-0.05, 0) is 35.4 Å². The molecule has 1 N–H and O–H groups in total. The normalized spacial score (nSPS) is 20.5. The monoisotopic (exact) mass is 335 g/mol. The van der Waals surface area contributed by atoms with Crippen LogP contribution in [0, 0.1) is 0 Å². The number of tetrazole rings is 1. The van der Waals surface area contributed by atoms with E-state index in [0.29, 0.717) is 33.6 Å². The summed E-state index contributed by atoms with van der Waals surface area (Å²) in [6.07, 6.45) is 2.11. The number of carbonyl (C=O) groups is 1. The summed E-state index contributed by atoms with van der Waals surface area (Å²) in [6.45, 7) is 0. The number of carbonyl (C=O) groups excluding carboxylic acids is 1. The molecule has 1 atom stereocenters. The van der Waals surface area contributed by atoms with Crippen LogP contribution in [0.1, 0.15) is 30.9 Å². The van der Waals surface area contributed by atoms with Crippen LogP contribution in [0.5, 0.6) is 0 Å². The first-order chi connectivity index (χ1) is 10.7. The van der Waals surface area contributed by atoms with Crippen molar-refractivity contribution in [2.45, 2.75) is 25.3 Å². The molecule has 0 saturated carbocycles. The average Bonchev–Trinajstić information content (AvgIpc) is 2.94. The quantitative estimate of drug-likeness (QED) is 0.867. The van der Waals surface area contributed by atoms with Crippen LogP contribution in [-0.4, -0.2) is 26.0 Å². The van der Waals surface area contributed by atoms with Crippen molar-refractivity contribution >= 4 is 34.9 Å². The van der Waals surface area contributed by atoms with Gasteiger partial charge in [0, 0.05) is 33.3 Å². The number of ketones is 1. The largest absolute Gasteiger partial charge is 0.326 e. The fourth-order valence-electron chi connectivity index (χ4n) is 3.06. The van der Waals surface area contributed by atoms with Gasteiger partial charge in [0.1, 0.15) is 6.04 Å². The number of benzene rings is 1. The summed E-state index contributed by atoms with van der Waals surface area (Å²) in [4.78, 5) is 12.5. The van der Waals surface area contributed by atoms with Gasteiger partial charge in [-0.25, -0.2) is 0 Å². The fourth-order valence-corrected chi connectivity index (χ4v) is 3.66. The molecule has 112 valence electrons. The van der Waals surface area contributed by atoms with Crippen molar-refractivity contribution in [2.75, 3.05) is 5.32 Å². The van der Waals surface area contributed by atoms with Crippen LogP contribution in [0.15, 0.2) is 29.5 Å². The SMILES string of the molecule is O=C1CCCC2=C1[C@@H](c1c(Cl)cccc1Cl)n1nnnc1N2. The lowest BCUT2D eigenvalue weighted by Crippen LogP contribution is -2.31. The summed E-state index contributed by atoms with van der Waals surface area (Å²) in [6, 6.07) is 4.79. The maximum absolute atomic E-state index is 12.5. The van der Waals surface area contributed by atoms with Crippen molar-refractivity contribution in [3.63, 3.8) is 0 Å². The van der Waals surface area contributed by atoms with Crippen LogP contribution in [0.4, 0.5) is 5.95 Å². The Morgan fingerprint density at radius 2 is 2.00 bits per heavy atom. The van der Waals surface area contributed by atoms with Gasteiger partial charge in [0.2, 0.25) is 5.95 Å². The molecule has 22 heavy (non-hydrogen) atoms. The second kappa shape index (κ2) is 5.07. The average molecular weight is 336 g/mol. The molecule has 2 aromatic rings. The van der Waals surface area contributed by atoms with Crippen molar-refractivity contribution in [2.24, 2.45) is 0 Å². The second-order valence-electron chi connectivity index (χ2n) is 5.28. The van der Waals surface area contributed by atoms with Gasteiger partial charge in [0.25, 0.3) is 0 Å². The molecule has 2 aliphatic rings. The van der Waals surface area contributed by atoms with Crippen molar-refractivity contribution in [1.82, 2.24) is 20.2 Å². The Kier molecular flexibility index (Phi) is 3.16. The van der Waals surface area contributed by atoms with Gasteiger partial charge in [-0.3, -0.25) is 4.79 Å². The van der Waals surface area contributed by atoms with E-state index in [1.807, 2.05) is 0 Å². The van der Waals surface area contributed by atoms with Gasteiger partial charge < -0.3 is 5.32 Å². The van der Waals surface area contributed by atoms with Crippen molar-refractivity contribution < 1.29 is 4.79 Å². The molecule has 8 heteroatoms. The van der Waals surface area contributed by atoms with E-state index < -0.39 is 6.04 Å². The molecule has 0 unspecified atom stereocenters. The fraction of sp³-hybridized carbons (Fsp3) is 0.286. The zero-order valence-electron chi connectivity index (χ0n) is 11.4. The molecule has 0 spiro atoms. The van der Waals surface area contributed by atoms with E-state index in [1.54, 1.807) is 22.9 Å². The summed E-state index contributed by atoms with van der Waals surface area (Å²) >= 11 is 12.7. The van der Waals surface area contributed by atoms with Gasteiger partial charge >= 0.3 is 0 Å². The third kappa shape index (κ3) is 1.94. The van der Waals surface area contributed by atoms with Crippen LogP contribution in [0.2, 0.25) is 10.0 Å². The lowest BCUT2D eigenvalue weighted by molar-refractivity contribution is -0.116. The molecule has 1 aliphatic heterocycles. The number of hydrogen-bond acceptors (Lipinski definition) is 5. The highest BCUT2D eigenvalue weighted by Gasteiger charge is 2.38. The van der Waals surface area contributed by atoms with Crippen LogP contribution in [0.3, 0.4) is 0 Å². The molecule has 6 nitrogen and oxygen atoms in total. The summed E-state index contributed by atoms with van der Waals surface area (Å²) in [5, 5.41) is 15.8. The smallest absolute Gasteiger partial charge is 0.248 e. The Balaban J connectivity index is 1.99. The summed E-state index contributed by atoms with van der Waals surface area (Å²) < 4.78 is 1.56. The Labute approximate surface area is 136 Å². The molecule has 0 radical (unpaired) electrons. The van der Waals surface area contributed by atoms with E-state index in [2.05, 4.69) is 20.8 Å². The number of anilines is 1. The molecule has 1 aromatic heterocycles. The van der Waals surface area contributed by atoms with Crippen LogP contribution >= 0.6 is 23.2 Å². The lowest BCUT2D eigenvalue weighted by Gasteiger charge is -2.32. The van der Waals surface area contributed by atoms with Crippen LogP contribution in [-0.2, 0) is 4.79 Å². The van der Waals surface area contributed by atoms with E-state index in [1.165, 1.54) is 0 Å². The lowest BCUT2D eigenvalue weighted by atomic mass is 9.85. The number of rotatable bonds is 1. The summed E-state index contributed by atoms with van der Waals surface area (Å²) in [7, 11) is 0. The predicted octanol–water partition coefficient (Wildman–Crippen LogP) is 3.00. The van der Waals surface area contributed by atoms with E-state index >= 15 is 0 Å². The highest BCUT2D eigenvalue weighted by molar-refractivity contribution is 6.36. The number of hydrogen-bond donors (Lipinski definition) is 1. The standard InChI is InChI=1S/C14H11Cl2N5O/c15-7-3-1-4-8(16)11(7)13-12-9(5-2-6-10(12)22)17-14-18-19-20-21(13)14/h1,3-4,13H,2,5-6H2,(H,17,18,20)/t13-/m1/s1. The maximum Gasteiger partial charge on any atom is 0.248 e. The third-order valence-corrected chi connectivity index (χ3v) is 4.66. The minimum Gasteiger partial charge on any atom is -0.326 e. The molecular formula is C14H11Cl2N5O. The van der Waals surface area contributed by atoms with E-state index in [9.17, 15) is 4.79 Å². The first kappa shape index (κ1) is 13.7. The Bertz CT molecular complexity index is 793. The maximum atomic E-state index is 12.5. The molecule has 0 saturated heterocycles. The van der Waals surface area contributed by atoms with Gasteiger partial charge in [0.05, 0.1) is 0 Å². The topological polar surface area (TPSA) is 72.7 Å². The number of fused-ring (bicyclic) bond motifs is 1. The third-order valence-electron chi connectivity index (χ3n) is 4.00. The highest BCUT2D eigenvalue weighted by Crippen LogP contribution is 2.43. The first-order valence-corrected chi connectivity index (χ1v) is 7.67. The Hall–Kier alpha value is -1.92. The van der Waals surface area contributed by atoms with Crippen molar-refractivity contribution in [3.8, 4) is 0 Å². The molecule has 1 aliphatic carbocycles. The molecule has 0 bridgehead atoms. The summed E-state index contributed by atoms with van der Waals surface area (Å²) in [5.41, 5.74) is 2.17. The molecule has 2 heterocycles. The van der Waals surface area contributed by atoms with Crippen LogP contribution < -0.4 is 5.32 Å². The minimum atomic E-state index is -0.491. The number of Topliss-reactive ketones (excluding diaryl/α,β-unsaturated/α-hetero) is 1. The Morgan fingerprint density at radius 3 is 2.77 bits per heavy atom. The van der Waals surface area contributed by atoms with Crippen LogP contribution in [0.25, 0.3) is 0 Å². The van der Waals surface area contributed by atoms with E-state index in [-0.39, 0.29) is 5.78 Å². The number of allylic oxidation sites excluding steroid dienone is 2. The first-order valence-electron chi connectivity index (χ1n) is 6.92. The van der Waals surface area contributed by atoms with Gasteiger partial charge in [-0.1, -0.05) is 34.4 Å². The number of halogens is 2. The summed E-state index contributed by atoms with van der Waals surface area (Å²) in [5.74, 6) is 0.574. The molecule has 4 rings (SSSR count). The van der Waals surface area contributed by atoms with Gasteiger partial charge in [0.15, 0.2) is 5.78 Å². The minimum absolute atomic E-state index is 0.0795. The Morgan fingerprint density at radius 1 is 1.23 bits per heavy atom. The molecule has 0 amide bonds. The van der Waals surface area contributed by atoms with Gasteiger partial charge in [-0.2, -0.15) is 4.68 Å². The van der Waals surface area contributed by atoms with Crippen molar-refractivity contribution in [1.29, 1.82) is 0 Å². The molecule has 0 fully saturated rings.